The van der Waals surface area contributed by atoms with E-state index >= 15 is 0 Å². The van der Waals surface area contributed by atoms with Crippen LogP contribution in [0.25, 0.3) is 33.0 Å². The molecule has 7 atom stereocenters. The van der Waals surface area contributed by atoms with Crippen LogP contribution in [0.3, 0.4) is 0 Å². The van der Waals surface area contributed by atoms with E-state index in [4.69, 9.17) is 43.5 Å². The van der Waals surface area contributed by atoms with E-state index in [0.717, 1.165) is 127 Å². The van der Waals surface area contributed by atoms with E-state index in [-0.39, 0.29) is 78.9 Å². The molecule has 5 aliphatic rings. The summed E-state index contributed by atoms with van der Waals surface area (Å²) in [5.74, 6) is 4.97. The lowest BCUT2D eigenvalue weighted by Crippen LogP contribution is -2.47. The topological polar surface area (TPSA) is 453 Å². The number of halogens is 3. The molecule has 0 radical (unpaired) electrons. The number of fused-ring (bicyclic) bond motifs is 5. The Morgan fingerprint density at radius 1 is 0.692 bits per heavy atom. The first kappa shape index (κ1) is 95.3. The molecular weight excluding hydrogens is 1710 g/mol. The minimum Gasteiger partial charge on any atom is -0.481 e. The van der Waals surface area contributed by atoms with Crippen molar-refractivity contribution >= 4 is 90.0 Å². The number of likely N-dealkylation sites (tertiary alicyclic amines) is 1. The number of benzene rings is 5. The fraction of sp³-hybridized carbons (Fsp3) is 0.376. The molecule has 3 aliphatic heterocycles. The maximum Gasteiger partial charge on any atom is 0.337 e. The van der Waals surface area contributed by atoms with Gasteiger partial charge in [-0.2, -0.15) is 20.6 Å². The van der Waals surface area contributed by atoms with Crippen LogP contribution in [-0.4, -0.2) is 178 Å². The van der Waals surface area contributed by atoms with Gasteiger partial charge in [0.25, 0.3) is 11.1 Å². The highest BCUT2D eigenvalue weighted by Crippen LogP contribution is 2.45. The standard InChI is InChI=1S/C25H28N8O2.C21H19ClFNO4S.C18H21N5O2.C16H22FN5O.C7H6O2.C6H5NO2/c1-4-5-13-32-21-22(29-24(32)31-12-8-9-17(26)14-31)30(3)25(35)33(23(21)34)15-20-27-16(2)18-10-6-7-11-19(18)28-20;1-29(27,28)18-10-15(23)9-17-16-7-4-13(8-19(25)26)20(16)24(21(17)18)11-12-2-5-14(22)6-3-12;1-21-17(24)9-16(22-8-4-7-15(20)12-22)23(18(21)25)11-14-6-3-2-5-13(14)10-19;17-14-6-15(7-18)22(9-14)16(23)4-3-12-1-2-13(5-12)8-21-11-19-10-20-21;8-7(9)6-4-2-1-3-5-6;8-6(9)5-2-1-3-7-4-5/h6-7,10-11,17H,8-9,12-15,26H2,1-3H3;2-3,5-6,9-10,13H,4,7-8,11H2,1H3,(H,25,26);2-3,5-6,9,15H,4,7-8,11-12,20H2,1H3;10-15H,1-6,8-9H2;1-5H,(H,8,9);1-4H,(H,8,9)/t17-;13-;15-;12-,13-,14-,15-;;/m1110../s1. The number of aryl methyl sites for hydroxylation is 3. The van der Waals surface area contributed by atoms with Crippen LogP contribution in [0.5, 0.6) is 0 Å². The van der Waals surface area contributed by atoms with Crippen LogP contribution in [0.2, 0.25) is 5.02 Å². The quantitative estimate of drug-likeness (QED) is 0.0470. The number of hydrogen-bond donors (Lipinski definition) is 5. The summed E-state index contributed by atoms with van der Waals surface area (Å²) >= 11 is 5.97. The molecule has 33 nitrogen and oxygen atoms in total. The van der Waals surface area contributed by atoms with Gasteiger partial charge in [0.05, 0.1) is 77.4 Å². The van der Waals surface area contributed by atoms with E-state index in [9.17, 15) is 65.9 Å². The lowest BCUT2D eigenvalue weighted by atomic mass is 9.99. The molecule has 678 valence electrons. The Balaban J connectivity index is 0.000000148. The molecule has 5 aromatic carbocycles. The molecule has 0 bridgehead atoms. The van der Waals surface area contributed by atoms with Crippen LogP contribution in [0.15, 0.2) is 183 Å². The predicted octanol–water partition coefficient (Wildman–Crippen LogP) is 10.0. The van der Waals surface area contributed by atoms with E-state index in [1.807, 2.05) is 75.7 Å². The largest absolute Gasteiger partial charge is 0.481 e. The van der Waals surface area contributed by atoms with Crippen molar-refractivity contribution < 1.29 is 51.7 Å². The zero-order valence-electron chi connectivity index (χ0n) is 72.5. The Hall–Kier alpha value is -13.9. The van der Waals surface area contributed by atoms with Crippen LogP contribution < -0.4 is 43.8 Å². The second kappa shape index (κ2) is 43.3. The normalized spacial score (nSPS) is 17.9. The molecule has 7 N–H and O–H groups in total. The molecule has 130 heavy (non-hydrogen) atoms. The monoisotopic (exact) mass is 1810 g/mol. The zero-order chi connectivity index (χ0) is 93.2. The van der Waals surface area contributed by atoms with Gasteiger partial charge in [0.2, 0.25) is 11.9 Å². The highest BCUT2D eigenvalue weighted by Gasteiger charge is 2.38. The average Bonchev–Trinajstić information content (AvgIpc) is 1.56. The molecule has 1 saturated carbocycles. The maximum atomic E-state index is 14.3. The number of carbonyl (C=O) groups is 4. The summed E-state index contributed by atoms with van der Waals surface area (Å²) in [6, 6.07) is 40.9. The van der Waals surface area contributed by atoms with Crippen molar-refractivity contribution in [1.82, 2.24) is 67.0 Å². The van der Waals surface area contributed by atoms with Crippen molar-refractivity contribution in [1.29, 1.82) is 10.5 Å². The molecule has 1 amide bonds. The van der Waals surface area contributed by atoms with Crippen molar-refractivity contribution in [2.75, 3.05) is 48.8 Å². The Labute approximate surface area is 752 Å². The number of alkyl halides is 1. The third kappa shape index (κ3) is 23.4. The van der Waals surface area contributed by atoms with Crippen LogP contribution in [0.1, 0.15) is 150 Å². The van der Waals surface area contributed by atoms with Gasteiger partial charge in [0.15, 0.2) is 21.0 Å². The van der Waals surface area contributed by atoms with E-state index < -0.39 is 62.7 Å². The minimum absolute atomic E-state index is 0.0211. The van der Waals surface area contributed by atoms with E-state index in [1.54, 1.807) is 96.4 Å². The molecule has 2 aliphatic carbocycles. The number of rotatable bonds is 19. The number of pyridine rings is 1. The molecule has 37 heteroatoms. The molecular formula is C93H101ClF2N20O13S. The summed E-state index contributed by atoms with van der Waals surface area (Å²) in [5, 5.41) is 50.6. The summed E-state index contributed by atoms with van der Waals surface area (Å²) in [7, 11) is -0.612. The number of nitrogens with zero attached hydrogens (tertiary/aromatic N) is 18. The lowest BCUT2D eigenvalue weighted by Gasteiger charge is -2.34. The minimum atomic E-state index is -3.70. The molecule has 12 aromatic rings. The van der Waals surface area contributed by atoms with Crippen molar-refractivity contribution in [2.24, 2.45) is 37.4 Å². The van der Waals surface area contributed by atoms with Gasteiger partial charge in [0, 0.05) is 136 Å². The Morgan fingerprint density at radius 2 is 1.37 bits per heavy atom. The summed E-state index contributed by atoms with van der Waals surface area (Å²) in [5.41, 5.74) is 17.6. The first-order valence-electron chi connectivity index (χ1n) is 42.5. The number of carbonyl (C=O) groups excluding carboxylic acids is 1. The smallest absolute Gasteiger partial charge is 0.337 e. The Kier molecular flexibility index (Phi) is 31.7. The second-order valence-corrected chi connectivity index (χ2v) is 35.2. The Morgan fingerprint density at radius 3 is 2.02 bits per heavy atom. The Bertz CT molecular complexity index is 6610. The number of aromatic carboxylic acids is 2. The van der Waals surface area contributed by atoms with Crippen LogP contribution in [-0.2, 0) is 72.7 Å². The first-order chi connectivity index (χ1) is 62.3. The third-order valence-corrected chi connectivity index (χ3v) is 24.9. The van der Waals surface area contributed by atoms with E-state index in [1.165, 1.54) is 51.7 Å². The molecule has 4 fully saturated rings. The number of amides is 1. The van der Waals surface area contributed by atoms with E-state index in [0.29, 0.717) is 107 Å². The lowest BCUT2D eigenvalue weighted by molar-refractivity contribution is -0.137. The zero-order valence-corrected chi connectivity index (χ0v) is 74.1. The van der Waals surface area contributed by atoms with Gasteiger partial charge >= 0.3 is 29.3 Å². The predicted molar refractivity (Wildman–Crippen MR) is 485 cm³/mol. The number of anilines is 2. The molecule has 17 rings (SSSR count). The van der Waals surface area contributed by atoms with Crippen LogP contribution in [0, 0.1) is 59.1 Å². The van der Waals surface area contributed by atoms with Gasteiger partial charge in [-0.25, -0.2) is 51.3 Å². The van der Waals surface area contributed by atoms with Crippen molar-refractivity contribution in [3.63, 3.8) is 0 Å². The molecule has 0 spiro atoms. The molecule has 0 unspecified atom stereocenters. The van der Waals surface area contributed by atoms with Gasteiger partial charge in [-0.3, -0.25) is 51.7 Å². The number of hydrogen-bond acceptors (Lipinski definition) is 22. The number of carboxylic acids is 3. The van der Waals surface area contributed by atoms with Crippen molar-refractivity contribution in [3.8, 4) is 24.0 Å². The number of sulfone groups is 1. The first-order valence-corrected chi connectivity index (χ1v) is 44.8. The number of aromatic nitrogens is 13. The average molecular weight is 1810 g/mol. The summed E-state index contributed by atoms with van der Waals surface area (Å²) in [4.78, 5) is 123. The fourth-order valence-electron chi connectivity index (χ4n) is 17.2. The molecule has 3 saturated heterocycles. The number of para-hydroxylation sites is 1. The van der Waals surface area contributed by atoms with Gasteiger partial charge in [-0.15, -0.1) is 5.92 Å². The maximum absolute atomic E-state index is 14.3. The highest BCUT2D eigenvalue weighted by atomic mass is 35.5. The number of imidazole rings is 1. The molecule has 7 aromatic heterocycles. The SMILES string of the molecule is CC#CCn1c(N2CCC[C@@H](N)C2)nc2c1c(=O)n(Cc1nc(C)c3ccccc3n1)c(=O)n2C.CS(=O)(=O)c1cc(F)cc2c3c(n(Cc4ccc(Cl)cc4)c12)[C@@H](CC(=O)O)CC3.Cn1c(=O)cc(N2CCC[C@@H](N)C2)n(Cc2ccccc2C#N)c1=O.N#C[C@@H]1C[C@H](F)CN1C(=O)CC[C@@H]1CC[C@H](Cn2cncn2)C1.O=C(O)c1ccccc1.O=C(O)c1cccnc1. The van der Waals surface area contributed by atoms with Gasteiger partial charge < -0.3 is 46.1 Å². The van der Waals surface area contributed by atoms with Gasteiger partial charge in [0.1, 0.15) is 42.3 Å². The number of nitriles is 2. The highest BCUT2D eigenvalue weighted by molar-refractivity contribution is 7.91. The second-order valence-electron chi connectivity index (χ2n) is 32.7. The number of carboxylic acid groups (broad SMARTS) is 3. The summed E-state index contributed by atoms with van der Waals surface area (Å²) in [6.07, 6.45) is 15.8. The number of aliphatic carboxylic acids is 1. The van der Waals surface area contributed by atoms with Crippen molar-refractivity contribution in [2.45, 2.75) is 165 Å². The number of piperidine rings is 2. The van der Waals surface area contributed by atoms with E-state index in [2.05, 4.69) is 47.8 Å². The third-order valence-electron chi connectivity index (χ3n) is 23.5. The van der Waals surface area contributed by atoms with Gasteiger partial charge in [-0.05, 0) is 161 Å². The van der Waals surface area contributed by atoms with Gasteiger partial charge in [-0.1, -0.05) is 90.7 Å². The molecule has 10 heterocycles. The summed E-state index contributed by atoms with van der Waals surface area (Å²) in [6.45, 7) is 8.20. The number of nitrogens with two attached hydrogens (primary N) is 2. The van der Waals surface area contributed by atoms with Crippen LogP contribution in [0.4, 0.5) is 20.5 Å². The fourth-order valence-corrected chi connectivity index (χ4v) is 18.2. The van der Waals surface area contributed by atoms with Crippen LogP contribution >= 0.6 is 11.6 Å². The van der Waals surface area contributed by atoms with Crippen molar-refractivity contribution in [3.05, 3.63) is 262 Å². The summed E-state index contributed by atoms with van der Waals surface area (Å²) < 4.78 is 63.3.